The lowest BCUT2D eigenvalue weighted by Crippen LogP contribution is -2.30. The van der Waals surface area contributed by atoms with Crippen LogP contribution in [0.2, 0.25) is 0 Å². The van der Waals surface area contributed by atoms with E-state index < -0.39 is 0 Å². The van der Waals surface area contributed by atoms with Gasteiger partial charge in [-0.05, 0) is 52.7 Å². The van der Waals surface area contributed by atoms with E-state index in [1.54, 1.807) is 11.3 Å². The van der Waals surface area contributed by atoms with Gasteiger partial charge >= 0.3 is 0 Å². The second-order valence-electron chi connectivity index (χ2n) is 6.12. The number of nitrogens with zero attached hydrogens (tertiary/aromatic N) is 2. The Morgan fingerprint density at radius 2 is 2.26 bits per heavy atom. The quantitative estimate of drug-likeness (QED) is 0.853. The highest BCUT2D eigenvalue weighted by molar-refractivity contribution is 9.11. The molecule has 102 valence electrons. The van der Waals surface area contributed by atoms with Crippen molar-refractivity contribution in [2.24, 2.45) is 11.1 Å². The Labute approximate surface area is 126 Å². The van der Waals surface area contributed by atoms with Gasteiger partial charge in [0.05, 0.1) is 9.98 Å². The van der Waals surface area contributed by atoms with Crippen molar-refractivity contribution in [3.05, 3.63) is 33.0 Å². The van der Waals surface area contributed by atoms with Gasteiger partial charge in [-0.3, -0.25) is 4.57 Å². The average molecular weight is 340 g/mol. The van der Waals surface area contributed by atoms with Crippen molar-refractivity contribution in [2.45, 2.75) is 39.7 Å². The van der Waals surface area contributed by atoms with Crippen molar-refractivity contribution < 1.29 is 0 Å². The van der Waals surface area contributed by atoms with E-state index >= 15 is 0 Å². The number of fused-ring (bicyclic) bond motifs is 1. The van der Waals surface area contributed by atoms with E-state index in [1.165, 1.54) is 17.0 Å². The van der Waals surface area contributed by atoms with Crippen LogP contribution in [0, 0.1) is 12.3 Å². The van der Waals surface area contributed by atoms with Crippen LogP contribution in [0.1, 0.15) is 43.3 Å². The summed E-state index contributed by atoms with van der Waals surface area (Å²) in [5.74, 6) is 0. The number of halogens is 1. The monoisotopic (exact) mass is 339 g/mol. The highest BCUT2D eigenvalue weighted by atomic mass is 79.9. The van der Waals surface area contributed by atoms with E-state index in [-0.39, 0.29) is 11.5 Å². The predicted molar refractivity (Wildman–Crippen MR) is 82.9 cm³/mol. The van der Waals surface area contributed by atoms with Crippen LogP contribution >= 0.6 is 27.3 Å². The summed E-state index contributed by atoms with van der Waals surface area (Å²) in [6.45, 7) is 6.72. The number of thiazole rings is 1. The molecule has 1 atom stereocenters. The van der Waals surface area contributed by atoms with Crippen LogP contribution < -0.4 is 5.73 Å². The van der Waals surface area contributed by atoms with E-state index in [0.29, 0.717) is 0 Å². The molecule has 1 aliphatic carbocycles. The Balaban J connectivity index is 2.17. The van der Waals surface area contributed by atoms with Gasteiger partial charge in [0.1, 0.15) is 0 Å². The van der Waals surface area contributed by atoms with Crippen molar-refractivity contribution in [3.8, 4) is 5.13 Å². The van der Waals surface area contributed by atoms with Crippen LogP contribution in [0.15, 0.2) is 16.0 Å². The fourth-order valence-electron chi connectivity index (χ4n) is 3.06. The molecule has 3 nitrogen and oxygen atoms in total. The summed E-state index contributed by atoms with van der Waals surface area (Å²) >= 11 is 5.15. The smallest absolute Gasteiger partial charge is 0.195 e. The van der Waals surface area contributed by atoms with Crippen molar-refractivity contribution in [1.29, 1.82) is 0 Å². The minimum Gasteiger partial charge on any atom is -0.324 e. The van der Waals surface area contributed by atoms with Gasteiger partial charge in [-0.2, -0.15) is 0 Å². The molecule has 2 heterocycles. The molecule has 0 fully saturated rings. The van der Waals surface area contributed by atoms with Crippen LogP contribution in [0.3, 0.4) is 0 Å². The first-order valence-electron chi connectivity index (χ1n) is 6.46. The Morgan fingerprint density at radius 1 is 1.53 bits per heavy atom. The first-order valence-corrected chi connectivity index (χ1v) is 8.07. The average Bonchev–Trinajstić information content (AvgIpc) is 2.81. The van der Waals surface area contributed by atoms with Crippen molar-refractivity contribution >= 4 is 27.3 Å². The maximum Gasteiger partial charge on any atom is 0.195 e. The number of rotatable bonds is 1. The molecular formula is C14H18BrN3S. The molecule has 1 unspecified atom stereocenters. The van der Waals surface area contributed by atoms with Gasteiger partial charge in [0.2, 0.25) is 0 Å². The fourth-order valence-corrected chi connectivity index (χ4v) is 4.33. The zero-order valence-corrected chi connectivity index (χ0v) is 13.8. The summed E-state index contributed by atoms with van der Waals surface area (Å²) in [6, 6.07) is 2.37. The van der Waals surface area contributed by atoms with E-state index in [0.717, 1.165) is 21.8 Å². The molecule has 1 aliphatic rings. The predicted octanol–water partition coefficient (Wildman–Crippen LogP) is 3.98. The molecule has 0 saturated heterocycles. The fraction of sp³-hybridized carbons (Fsp3) is 0.500. The van der Waals surface area contributed by atoms with Crippen molar-refractivity contribution in [3.63, 3.8) is 0 Å². The zero-order chi connectivity index (χ0) is 13.8. The van der Waals surface area contributed by atoms with Crippen LogP contribution in [0.25, 0.3) is 5.13 Å². The number of hydrogen-bond donors (Lipinski definition) is 1. The minimum atomic E-state index is 0.141. The lowest BCUT2D eigenvalue weighted by Gasteiger charge is -2.34. The number of aromatic nitrogens is 2. The topological polar surface area (TPSA) is 43.8 Å². The summed E-state index contributed by atoms with van der Waals surface area (Å²) in [5, 5.41) is 1.02. The highest BCUT2D eigenvalue weighted by Gasteiger charge is 2.33. The van der Waals surface area contributed by atoms with Gasteiger partial charge < -0.3 is 5.73 Å². The SMILES string of the molecule is Cc1cc2c(n1-c1ncc(Br)s1)CC(C)(C)CC2N. The molecule has 0 bridgehead atoms. The van der Waals surface area contributed by atoms with Crippen molar-refractivity contribution in [2.75, 3.05) is 0 Å². The van der Waals surface area contributed by atoms with E-state index in [2.05, 4.69) is 52.3 Å². The molecule has 0 radical (unpaired) electrons. The second-order valence-corrected chi connectivity index (χ2v) is 8.51. The van der Waals surface area contributed by atoms with E-state index in [1.807, 2.05) is 6.20 Å². The lowest BCUT2D eigenvalue weighted by molar-refractivity contribution is 0.278. The molecule has 2 aromatic rings. The Bertz CT molecular complexity index is 627. The lowest BCUT2D eigenvalue weighted by atomic mass is 9.74. The molecule has 0 amide bonds. The summed E-state index contributed by atoms with van der Waals surface area (Å²) in [6.07, 6.45) is 3.96. The number of nitrogens with two attached hydrogens (primary N) is 1. The maximum atomic E-state index is 6.35. The van der Waals surface area contributed by atoms with Crippen molar-refractivity contribution in [1.82, 2.24) is 9.55 Å². The van der Waals surface area contributed by atoms with E-state index in [4.69, 9.17) is 5.73 Å². The Hall–Kier alpha value is -0.650. The largest absolute Gasteiger partial charge is 0.324 e. The van der Waals surface area contributed by atoms with Crippen LogP contribution in [0.4, 0.5) is 0 Å². The first kappa shape index (κ1) is 13.3. The summed E-state index contributed by atoms with van der Waals surface area (Å²) in [5.41, 5.74) is 10.5. The highest BCUT2D eigenvalue weighted by Crippen LogP contribution is 2.42. The van der Waals surface area contributed by atoms with E-state index in [9.17, 15) is 0 Å². The Kier molecular flexibility index (Phi) is 3.11. The van der Waals surface area contributed by atoms with Gasteiger partial charge in [-0.1, -0.05) is 25.2 Å². The zero-order valence-electron chi connectivity index (χ0n) is 11.4. The molecule has 2 aromatic heterocycles. The van der Waals surface area contributed by atoms with Crippen LogP contribution in [-0.4, -0.2) is 9.55 Å². The maximum absolute atomic E-state index is 6.35. The van der Waals surface area contributed by atoms with Crippen LogP contribution in [-0.2, 0) is 6.42 Å². The molecule has 0 saturated carbocycles. The molecule has 0 aromatic carbocycles. The third-order valence-electron chi connectivity index (χ3n) is 3.79. The van der Waals surface area contributed by atoms with Gasteiger partial charge in [0.15, 0.2) is 5.13 Å². The summed E-state index contributed by atoms with van der Waals surface area (Å²) < 4.78 is 3.33. The second kappa shape index (κ2) is 4.43. The van der Waals surface area contributed by atoms with Gasteiger partial charge in [0.25, 0.3) is 0 Å². The first-order chi connectivity index (χ1) is 8.87. The molecule has 0 aliphatic heterocycles. The van der Waals surface area contributed by atoms with Gasteiger partial charge in [-0.25, -0.2) is 4.98 Å². The molecule has 5 heteroatoms. The summed E-state index contributed by atoms with van der Waals surface area (Å²) in [4.78, 5) is 4.49. The molecule has 3 rings (SSSR count). The minimum absolute atomic E-state index is 0.141. The molecule has 19 heavy (non-hydrogen) atoms. The normalized spacial score (nSPS) is 21.4. The summed E-state index contributed by atoms with van der Waals surface area (Å²) in [7, 11) is 0. The number of hydrogen-bond acceptors (Lipinski definition) is 3. The third-order valence-corrected chi connectivity index (χ3v) is 5.26. The van der Waals surface area contributed by atoms with Crippen LogP contribution in [0.5, 0.6) is 0 Å². The number of aryl methyl sites for hydroxylation is 1. The molecule has 0 spiro atoms. The van der Waals surface area contributed by atoms with Gasteiger partial charge in [0, 0.05) is 17.4 Å². The Morgan fingerprint density at radius 3 is 2.89 bits per heavy atom. The molecule has 2 N–H and O–H groups in total. The standard InChI is InChI=1S/C14H18BrN3S/c1-8-4-9-10(16)5-14(2,3)6-11(9)18(8)13-17-7-12(15)19-13/h4,7,10H,5-6,16H2,1-3H3. The van der Waals surface area contributed by atoms with Gasteiger partial charge in [-0.15, -0.1) is 0 Å². The third kappa shape index (κ3) is 2.28. The molecular weight excluding hydrogens is 322 g/mol.